The molecule has 1 fully saturated rings. The molecule has 2 aromatic rings. The Labute approximate surface area is 190 Å². The molecule has 172 valence electrons. The summed E-state index contributed by atoms with van der Waals surface area (Å²) in [6, 6.07) is 14.3. The topological polar surface area (TPSA) is 86.8 Å². The van der Waals surface area contributed by atoms with E-state index in [4.69, 9.17) is 0 Å². The van der Waals surface area contributed by atoms with E-state index in [0.29, 0.717) is 31.7 Å². The van der Waals surface area contributed by atoms with Crippen molar-refractivity contribution in [3.8, 4) is 0 Å². The van der Waals surface area contributed by atoms with E-state index < -0.39 is 15.9 Å². The van der Waals surface area contributed by atoms with Crippen LogP contribution in [0.4, 0.5) is 0 Å². The Morgan fingerprint density at radius 1 is 1.03 bits per heavy atom. The minimum Gasteiger partial charge on any atom is -0.343 e. The lowest BCUT2D eigenvalue weighted by Gasteiger charge is -2.26. The maximum Gasteiger partial charge on any atom is 0.251 e. The van der Waals surface area contributed by atoms with Crippen LogP contribution in [0.3, 0.4) is 0 Å². The number of hydrogen-bond donors (Lipinski definition) is 1. The zero-order valence-corrected chi connectivity index (χ0v) is 19.5. The smallest absolute Gasteiger partial charge is 0.251 e. The van der Waals surface area contributed by atoms with Gasteiger partial charge in [0.15, 0.2) is 0 Å². The van der Waals surface area contributed by atoms with Gasteiger partial charge < -0.3 is 10.2 Å². The predicted octanol–water partition coefficient (Wildman–Crippen LogP) is 2.95. The van der Waals surface area contributed by atoms with E-state index >= 15 is 0 Å². The van der Waals surface area contributed by atoms with E-state index in [1.165, 1.54) is 10.4 Å². The fraction of sp³-hybridized carbons (Fsp3) is 0.417. The Balaban J connectivity index is 1.67. The number of likely N-dealkylation sites (N-methyl/N-ethyl adjacent to an activating group) is 1. The van der Waals surface area contributed by atoms with Crippen molar-refractivity contribution >= 4 is 21.8 Å². The van der Waals surface area contributed by atoms with Crippen molar-refractivity contribution in [1.82, 2.24) is 14.5 Å². The molecule has 2 amide bonds. The third-order valence-electron chi connectivity index (χ3n) is 5.73. The summed E-state index contributed by atoms with van der Waals surface area (Å²) in [4.78, 5) is 27.1. The summed E-state index contributed by atoms with van der Waals surface area (Å²) in [6.07, 6.45) is 2.72. The van der Waals surface area contributed by atoms with Gasteiger partial charge in [-0.05, 0) is 49.9 Å². The lowest BCUT2D eigenvalue weighted by Crippen LogP contribution is -2.40. The largest absolute Gasteiger partial charge is 0.343 e. The average molecular weight is 458 g/mol. The zero-order valence-electron chi connectivity index (χ0n) is 18.7. The van der Waals surface area contributed by atoms with Crippen molar-refractivity contribution < 1.29 is 18.0 Å². The Hall–Kier alpha value is -2.71. The molecule has 1 aliphatic rings. The molecule has 0 bridgehead atoms. The highest BCUT2D eigenvalue weighted by atomic mass is 32.2. The molecular weight excluding hydrogens is 426 g/mol. The number of nitrogens with one attached hydrogen (secondary N) is 1. The summed E-state index contributed by atoms with van der Waals surface area (Å²) in [6.45, 7) is 5.45. The minimum atomic E-state index is -3.65. The normalized spacial score (nSPS) is 14.7. The molecule has 0 spiro atoms. The van der Waals surface area contributed by atoms with Gasteiger partial charge >= 0.3 is 0 Å². The standard InChI is InChI=1S/C24H31N3O4S/c1-3-26(18-20-10-6-4-7-11-20)23(28)17-25-24(29)21-13-12-19(2)22(16-21)32(30,31)27-14-8-5-9-15-27/h4,6-7,10-13,16H,3,5,8-9,14-15,17-18H2,1-2H3,(H,25,29). The summed E-state index contributed by atoms with van der Waals surface area (Å²) in [5, 5.41) is 2.64. The van der Waals surface area contributed by atoms with Gasteiger partial charge in [-0.3, -0.25) is 9.59 Å². The molecule has 0 aromatic heterocycles. The third-order valence-corrected chi connectivity index (χ3v) is 7.77. The Morgan fingerprint density at radius 2 is 1.72 bits per heavy atom. The van der Waals surface area contributed by atoms with Crippen LogP contribution in [0, 0.1) is 6.92 Å². The molecule has 2 aromatic carbocycles. The van der Waals surface area contributed by atoms with E-state index in [9.17, 15) is 18.0 Å². The van der Waals surface area contributed by atoms with Crippen LogP contribution in [-0.2, 0) is 21.4 Å². The number of rotatable bonds is 8. The van der Waals surface area contributed by atoms with Crippen LogP contribution in [0.2, 0.25) is 0 Å². The molecular formula is C24H31N3O4S. The van der Waals surface area contributed by atoms with E-state index in [-0.39, 0.29) is 22.9 Å². The first-order chi connectivity index (χ1) is 15.3. The molecule has 1 N–H and O–H groups in total. The second-order valence-corrected chi connectivity index (χ2v) is 9.93. The van der Waals surface area contributed by atoms with E-state index in [0.717, 1.165) is 24.8 Å². The van der Waals surface area contributed by atoms with Crippen molar-refractivity contribution in [3.63, 3.8) is 0 Å². The Morgan fingerprint density at radius 3 is 2.38 bits per heavy atom. The number of nitrogens with zero attached hydrogens (tertiary/aromatic N) is 2. The molecule has 0 unspecified atom stereocenters. The highest BCUT2D eigenvalue weighted by Crippen LogP contribution is 2.24. The van der Waals surface area contributed by atoms with E-state index in [1.807, 2.05) is 37.3 Å². The summed E-state index contributed by atoms with van der Waals surface area (Å²) < 4.78 is 27.7. The number of aryl methyl sites for hydroxylation is 1. The van der Waals surface area contributed by atoms with E-state index in [1.54, 1.807) is 24.0 Å². The van der Waals surface area contributed by atoms with Crippen molar-refractivity contribution in [1.29, 1.82) is 0 Å². The molecule has 0 atom stereocenters. The number of hydrogen-bond acceptors (Lipinski definition) is 4. The molecule has 1 saturated heterocycles. The van der Waals surface area contributed by atoms with Gasteiger partial charge in [-0.15, -0.1) is 0 Å². The van der Waals surface area contributed by atoms with Gasteiger partial charge in [0.25, 0.3) is 5.91 Å². The number of carbonyl (C=O) groups is 2. The molecule has 32 heavy (non-hydrogen) atoms. The average Bonchev–Trinajstić information content (AvgIpc) is 2.82. The summed E-state index contributed by atoms with van der Waals surface area (Å²) in [7, 11) is -3.65. The van der Waals surface area contributed by atoms with Crippen LogP contribution in [0.5, 0.6) is 0 Å². The van der Waals surface area contributed by atoms with Crippen LogP contribution in [0.25, 0.3) is 0 Å². The van der Waals surface area contributed by atoms with Gasteiger partial charge in [0.2, 0.25) is 15.9 Å². The van der Waals surface area contributed by atoms with Crippen molar-refractivity contribution in [2.24, 2.45) is 0 Å². The van der Waals surface area contributed by atoms with E-state index in [2.05, 4.69) is 5.32 Å². The van der Waals surface area contributed by atoms with Crippen molar-refractivity contribution in [2.75, 3.05) is 26.2 Å². The molecule has 1 heterocycles. The first-order valence-corrected chi connectivity index (χ1v) is 12.5. The number of benzene rings is 2. The molecule has 3 rings (SSSR count). The monoisotopic (exact) mass is 457 g/mol. The van der Waals surface area contributed by atoms with Crippen LogP contribution in [0.1, 0.15) is 47.7 Å². The van der Waals surface area contributed by atoms with Gasteiger partial charge in [0.05, 0.1) is 11.4 Å². The lowest BCUT2D eigenvalue weighted by atomic mass is 10.1. The first kappa shape index (κ1) is 23.9. The second-order valence-electron chi connectivity index (χ2n) is 8.02. The highest BCUT2D eigenvalue weighted by Gasteiger charge is 2.28. The molecule has 1 aliphatic heterocycles. The molecule has 8 heteroatoms. The molecule has 0 aliphatic carbocycles. The highest BCUT2D eigenvalue weighted by molar-refractivity contribution is 7.89. The summed E-state index contributed by atoms with van der Waals surface area (Å²) in [5.74, 6) is -0.665. The number of amides is 2. The van der Waals surface area contributed by atoms with Gasteiger partial charge in [0.1, 0.15) is 0 Å². The maximum absolute atomic E-state index is 13.1. The van der Waals surface area contributed by atoms with Crippen LogP contribution in [-0.4, -0.2) is 55.6 Å². The molecule has 0 saturated carbocycles. The number of carbonyl (C=O) groups excluding carboxylic acids is 2. The fourth-order valence-electron chi connectivity index (χ4n) is 3.81. The van der Waals surface area contributed by atoms with Gasteiger partial charge in [-0.1, -0.05) is 42.8 Å². The SMILES string of the molecule is CCN(Cc1ccccc1)C(=O)CNC(=O)c1ccc(C)c(S(=O)(=O)N2CCCCC2)c1. The molecule has 0 radical (unpaired) electrons. The van der Waals surface area contributed by atoms with Crippen LogP contribution >= 0.6 is 0 Å². The van der Waals surface area contributed by atoms with Crippen molar-refractivity contribution in [3.05, 3.63) is 65.2 Å². The molecule has 7 nitrogen and oxygen atoms in total. The predicted molar refractivity (Wildman–Crippen MR) is 124 cm³/mol. The zero-order chi connectivity index (χ0) is 23.1. The first-order valence-electron chi connectivity index (χ1n) is 11.0. The quantitative estimate of drug-likeness (QED) is 0.660. The van der Waals surface area contributed by atoms with Gasteiger partial charge in [-0.25, -0.2) is 8.42 Å². The Bertz CT molecular complexity index is 1050. The van der Waals surface area contributed by atoms with Gasteiger partial charge in [0, 0.05) is 31.7 Å². The van der Waals surface area contributed by atoms with Crippen molar-refractivity contribution in [2.45, 2.75) is 44.6 Å². The van der Waals surface area contributed by atoms with Crippen LogP contribution in [0.15, 0.2) is 53.4 Å². The summed E-state index contributed by atoms with van der Waals surface area (Å²) in [5.41, 5.74) is 1.84. The number of sulfonamides is 1. The lowest BCUT2D eigenvalue weighted by molar-refractivity contribution is -0.130. The van der Waals surface area contributed by atoms with Gasteiger partial charge in [-0.2, -0.15) is 4.31 Å². The Kier molecular flexibility index (Phi) is 8.04. The maximum atomic E-state index is 13.1. The second kappa shape index (κ2) is 10.7. The third kappa shape index (κ3) is 5.75. The number of piperidine rings is 1. The minimum absolute atomic E-state index is 0.151. The van der Waals surface area contributed by atoms with Crippen LogP contribution < -0.4 is 5.32 Å². The fourth-order valence-corrected chi connectivity index (χ4v) is 5.58. The summed E-state index contributed by atoms with van der Waals surface area (Å²) >= 11 is 0.